The van der Waals surface area contributed by atoms with E-state index >= 15 is 0 Å². The van der Waals surface area contributed by atoms with Crippen LogP contribution in [0.15, 0.2) is 206 Å². The van der Waals surface area contributed by atoms with Crippen LogP contribution in [0, 0.1) is 0 Å². The van der Waals surface area contributed by atoms with Gasteiger partial charge in [-0.05, 0) is 100 Å². The van der Waals surface area contributed by atoms with Gasteiger partial charge in [-0.15, -0.1) is 0 Å². The van der Waals surface area contributed by atoms with Crippen LogP contribution in [0.25, 0.3) is 66.1 Å². The van der Waals surface area contributed by atoms with Gasteiger partial charge in [-0.1, -0.05) is 194 Å². The Morgan fingerprint density at radius 2 is 0.667 bits per heavy atom. The lowest BCUT2D eigenvalue weighted by Gasteiger charge is -2.34. The molecule has 0 spiro atoms. The van der Waals surface area contributed by atoms with E-state index in [2.05, 4.69) is 206 Å². The molecule has 0 saturated carbocycles. The summed E-state index contributed by atoms with van der Waals surface area (Å²) in [7, 11) is 0. The fourth-order valence-corrected chi connectivity index (χ4v) is 8.79. The van der Waals surface area contributed by atoms with E-state index in [1.807, 2.05) is 0 Å². The lowest BCUT2D eigenvalue weighted by molar-refractivity contribution is 0.769. The van der Waals surface area contributed by atoms with Crippen LogP contribution >= 0.6 is 0 Å². The molecule has 0 saturated heterocycles. The van der Waals surface area contributed by atoms with E-state index in [1.54, 1.807) is 0 Å². The minimum absolute atomic E-state index is 0.531. The Hall–Kier alpha value is -6.50. The summed E-state index contributed by atoms with van der Waals surface area (Å²) in [6.07, 6.45) is 0. The quantitative estimate of drug-likeness (QED) is 0.175. The Balaban J connectivity index is 1.32. The molecule has 0 amide bonds. The molecule has 10 rings (SSSR count). The average Bonchev–Trinajstić information content (AvgIpc) is 3.52. The average molecular weight is 647 g/mol. The molecule has 1 aliphatic rings. The molecule has 0 N–H and O–H groups in total. The SMILES string of the molecule is c1ccc(-c2ccc(-c3ccc4c(c3)C(c3ccccc3)(c3ccccc3)c3cc(-c5ccccc5)c5ccccc5c3-4)c3ccccc23)cc1. The van der Waals surface area contributed by atoms with Crippen LogP contribution in [0.3, 0.4) is 0 Å². The molecule has 0 heteroatoms. The lowest BCUT2D eigenvalue weighted by Crippen LogP contribution is -2.28. The summed E-state index contributed by atoms with van der Waals surface area (Å²) in [5.74, 6) is 0. The van der Waals surface area contributed by atoms with Gasteiger partial charge in [0.2, 0.25) is 0 Å². The lowest BCUT2D eigenvalue weighted by atomic mass is 9.67. The second kappa shape index (κ2) is 11.8. The second-order valence-electron chi connectivity index (χ2n) is 13.6. The van der Waals surface area contributed by atoms with Gasteiger partial charge in [0.25, 0.3) is 0 Å². The van der Waals surface area contributed by atoms with Crippen molar-refractivity contribution in [2.75, 3.05) is 0 Å². The summed E-state index contributed by atoms with van der Waals surface area (Å²) in [5.41, 5.74) is 14.7. The van der Waals surface area contributed by atoms with Crippen LogP contribution < -0.4 is 0 Å². The van der Waals surface area contributed by atoms with Gasteiger partial charge in [0.15, 0.2) is 0 Å². The van der Waals surface area contributed by atoms with Crippen molar-refractivity contribution in [1.29, 1.82) is 0 Å². The van der Waals surface area contributed by atoms with Gasteiger partial charge in [0.05, 0.1) is 5.41 Å². The molecule has 9 aromatic carbocycles. The Kier molecular flexibility index (Phi) is 6.82. The molecule has 0 fully saturated rings. The second-order valence-corrected chi connectivity index (χ2v) is 13.6. The number of hydrogen-bond donors (Lipinski definition) is 0. The zero-order valence-corrected chi connectivity index (χ0v) is 28.1. The first kappa shape index (κ1) is 29.4. The first-order valence-corrected chi connectivity index (χ1v) is 17.8. The molecule has 0 heterocycles. The van der Waals surface area contributed by atoms with Gasteiger partial charge in [-0.3, -0.25) is 0 Å². The summed E-state index contributed by atoms with van der Waals surface area (Å²) in [5, 5.41) is 5.09. The minimum Gasteiger partial charge on any atom is -0.0622 e. The third-order valence-electron chi connectivity index (χ3n) is 11.0. The standard InChI is InChI=1S/C51H34/c1-5-17-35(18-6-1)40-31-32-41(43-26-14-13-25-42(40)43)37-29-30-46-48(33-37)51(38-21-9-3-10-22-38,39-23-11-4-12-24-39)49-34-47(36-19-7-2-8-20-36)44-27-15-16-28-45(44)50(46)49/h1-34H. The normalized spacial score (nSPS) is 12.9. The monoisotopic (exact) mass is 646 g/mol. The van der Waals surface area contributed by atoms with Crippen LogP contribution in [-0.4, -0.2) is 0 Å². The van der Waals surface area contributed by atoms with E-state index in [0.717, 1.165) is 0 Å². The zero-order valence-electron chi connectivity index (χ0n) is 28.1. The maximum Gasteiger partial charge on any atom is 0.0714 e. The third kappa shape index (κ3) is 4.47. The summed E-state index contributed by atoms with van der Waals surface area (Å²) in [4.78, 5) is 0. The van der Waals surface area contributed by atoms with E-state index in [9.17, 15) is 0 Å². The summed E-state index contributed by atoms with van der Waals surface area (Å²) in [6, 6.07) is 76.1. The fourth-order valence-electron chi connectivity index (χ4n) is 8.79. The molecule has 0 radical (unpaired) electrons. The first-order chi connectivity index (χ1) is 25.3. The molecule has 9 aromatic rings. The van der Waals surface area contributed by atoms with E-state index in [0.29, 0.717) is 0 Å². The molecule has 0 aromatic heterocycles. The van der Waals surface area contributed by atoms with Crippen LogP contribution in [0.1, 0.15) is 22.3 Å². The van der Waals surface area contributed by atoms with E-state index < -0.39 is 5.41 Å². The molecule has 0 nitrogen and oxygen atoms in total. The molecule has 0 atom stereocenters. The topological polar surface area (TPSA) is 0 Å². The summed E-state index contributed by atoms with van der Waals surface area (Å²) in [6.45, 7) is 0. The minimum atomic E-state index is -0.531. The molecule has 0 bridgehead atoms. The highest BCUT2D eigenvalue weighted by Crippen LogP contribution is 2.59. The number of benzene rings is 9. The molecule has 1 aliphatic carbocycles. The maximum absolute atomic E-state index is 2.50. The van der Waals surface area contributed by atoms with Crippen LogP contribution in [0.2, 0.25) is 0 Å². The van der Waals surface area contributed by atoms with Gasteiger partial charge >= 0.3 is 0 Å². The summed E-state index contributed by atoms with van der Waals surface area (Å²) < 4.78 is 0. The van der Waals surface area contributed by atoms with Crippen molar-refractivity contribution in [2.24, 2.45) is 0 Å². The Morgan fingerprint density at radius 1 is 0.255 bits per heavy atom. The van der Waals surface area contributed by atoms with Crippen molar-refractivity contribution in [3.8, 4) is 44.5 Å². The van der Waals surface area contributed by atoms with E-state index in [4.69, 9.17) is 0 Å². The molecule has 51 heavy (non-hydrogen) atoms. The molecule has 0 unspecified atom stereocenters. The smallest absolute Gasteiger partial charge is 0.0622 e. The Morgan fingerprint density at radius 3 is 1.22 bits per heavy atom. The first-order valence-electron chi connectivity index (χ1n) is 17.8. The van der Waals surface area contributed by atoms with Crippen molar-refractivity contribution in [3.05, 3.63) is 229 Å². The largest absolute Gasteiger partial charge is 0.0714 e. The predicted molar refractivity (Wildman–Crippen MR) is 215 cm³/mol. The van der Waals surface area contributed by atoms with Gasteiger partial charge in [-0.2, -0.15) is 0 Å². The molecular weight excluding hydrogens is 613 g/mol. The van der Waals surface area contributed by atoms with Crippen molar-refractivity contribution in [1.82, 2.24) is 0 Å². The van der Waals surface area contributed by atoms with Gasteiger partial charge in [0, 0.05) is 0 Å². The van der Waals surface area contributed by atoms with Crippen molar-refractivity contribution in [2.45, 2.75) is 5.41 Å². The third-order valence-corrected chi connectivity index (χ3v) is 11.0. The van der Waals surface area contributed by atoms with E-state index in [1.165, 1.54) is 88.3 Å². The molecular formula is C51H34. The van der Waals surface area contributed by atoms with Crippen molar-refractivity contribution in [3.63, 3.8) is 0 Å². The van der Waals surface area contributed by atoms with Gasteiger partial charge < -0.3 is 0 Å². The number of rotatable bonds is 5. The molecule has 238 valence electrons. The summed E-state index contributed by atoms with van der Waals surface area (Å²) >= 11 is 0. The highest BCUT2D eigenvalue weighted by Gasteiger charge is 2.47. The van der Waals surface area contributed by atoms with Crippen LogP contribution in [0.4, 0.5) is 0 Å². The van der Waals surface area contributed by atoms with Crippen LogP contribution in [0.5, 0.6) is 0 Å². The van der Waals surface area contributed by atoms with Crippen molar-refractivity contribution >= 4 is 21.5 Å². The number of hydrogen-bond acceptors (Lipinski definition) is 0. The highest BCUT2D eigenvalue weighted by atomic mass is 14.5. The highest BCUT2D eigenvalue weighted by molar-refractivity contribution is 6.11. The van der Waals surface area contributed by atoms with E-state index in [-0.39, 0.29) is 0 Å². The fraction of sp³-hybridized carbons (Fsp3) is 0.0196. The molecule has 0 aliphatic heterocycles. The predicted octanol–water partition coefficient (Wildman–Crippen LogP) is 13.4. The van der Waals surface area contributed by atoms with Gasteiger partial charge in [0.1, 0.15) is 0 Å². The van der Waals surface area contributed by atoms with Gasteiger partial charge in [-0.25, -0.2) is 0 Å². The maximum atomic E-state index is 2.50. The number of fused-ring (bicyclic) bond motifs is 6. The zero-order chi connectivity index (χ0) is 33.8. The van der Waals surface area contributed by atoms with Crippen LogP contribution in [-0.2, 0) is 5.41 Å². The van der Waals surface area contributed by atoms with Crippen molar-refractivity contribution < 1.29 is 0 Å². The Labute approximate surface area is 298 Å². The Bertz CT molecular complexity index is 2670.